The van der Waals surface area contributed by atoms with Crippen molar-refractivity contribution < 1.29 is 14.3 Å². The molecule has 6 nitrogen and oxygen atoms in total. The zero-order valence-electron chi connectivity index (χ0n) is 18.1. The van der Waals surface area contributed by atoms with Crippen LogP contribution >= 0.6 is 11.3 Å². The van der Waals surface area contributed by atoms with Crippen LogP contribution in [0.2, 0.25) is 0 Å². The van der Waals surface area contributed by atoms with Crippen LogP contribution in [0.1, 0.15) is 17.5 Å². The molecule has 0 radical (unpaired) electrons. The van der Waals surface area contributed by atoms with Crippen LogP contribution in [0.4, 0.5) is 0 Å². The Labute approximate surface area is 198 Å². The summed E-state index contributed by atoms with van der Waals surface area (Å²) in [5.41, 5.74) is 1.84. The molecule has 0 aliphatic carbocycles. The molecule has 0 bridgehead atoms. The van der Waals surface area contributed by atoms with E-state index >= 15 is 0 Å². The molecule has 0 saturated heterocycles. The standard InChI is InChI=1S/C27H18N2O4S/c1-2-32-25-12-16(7-9-23(25)30)11-18(14-28)26-29-22(15-34-26)21-13-20-19-6-4-3-5-17(19)8-10-24(20)33-27(21)31/h3-13,15,30H,2H2,1H3/b18-11-. The Kier molecular flexibility index (Phi) is 5.58. The maximum Gasteiger partial charge on any atom is 0.345 e. The summed E-state index contributed by atoms with van der Waals surface area (Å²) in [5, 5.41) is 24.7. The minimum Gasteiger partial charge on any atom is -0.504 e. The van der Waals surface area contributed by atoms with Crippen LogP contribution in [0.5, 0.6) is 11.5 Å². The first kappa shape index (κ1) is 21.4. The highest BCUT2D eigenvalue weighted by Crippen LogP contribution is 2.32. The van der Waals surface area contributed by atoms with Gasteiger partial charge in [0.1, 0.15) is 16.7 Å². The van der Waals surface area contributed by atoms with Crippen molar-refractivity contribution in [1.29, 1.82) is 5.26 Å². The Hall–Kier alpha value is -4.41. The third-order valence-electron chi connectivity index (χ3n) is 5.37. The SMILES string of the molecule is CCOc1cc(/C=C(/C#N)c2nc(-c3cc4c(ccc5ccccc54)oc3=O)cs2)ccc1O. The van der Waals surface area contributed by atoms with E-state index in [1.54, 1.807) is 35.7 Å². The van der Waals surface area contributed by atoms with Crippen molar-refractivity contribution in [1.82, 2.24) is 4.98 Å². The van der Waals surface area contributed by atoms with Crippen LogP contribution in [-0.4, -0.2) is 16.7 Å². The number of phenols is 1. The number of ether oxygens (including phenoxy) is 1. The molecule has 0 spiro atoms. The lowest BCUT2D eigenvalue weighted by atomic mass is 10.0. The van der Waals surface area contributed by atoms with Crippen LogP contribution in [0.25, 0.3) is 44.6 Å². The van der Waals surface area contributed by atoms with Gasteiger partial charge in [-0.3, -0.25) is 0 Å². The molecule has 5 rings (SSSR count). The summed E-state index contributed by atoms with van der Waals surface area (Å²) in [7, 11) is 0. The highest BCUT2D eigenvalue weighted by atomic mass is 32.1. The van der Waals surface area contributed by atoms with E-state index in [0.717, 1.165) is 16.2 Å². The molecule has 166 valence electrons. The van der Waals surface area contributed by atoms with Gasteiger partial charge in [-0.2, -0.15) is 5.26 Å². The van der Waals surface area contributed by atoms with Gasteiger partial charge in [0, 0.05) is 10.8 Å². The number of rotatable bonds is 5. The number of hydrogen-bond donors (Lipinski definition) is 1. The summed E-state index contributed by atoms with van der Waals surface area (Å²) in [6.45, 7) is 2.23. The fraction of sp³-hybridized carbons (Fsp3) is 0.0741. The lowest BCUT2D eigenvalue weighted by Crippen LogP contribution is -2.03. The maximum absolute atomic E-state index is 12.7. The van der Waals surface area contributed by atoms with Gasteiger partial charge in [0.25, 0.3) is 0 Å². The second kappa shape index (κ2) is 8.85. The molecule has 1 N–H and O–H groups in total. The normalized spacial score (nSPS) is 11.6. The number of aromatic hydroxyl groups is 1. The van der Waals surface area contributed by atoms with Crippen molar-refractivity contribution in [2.24, 2.45) is 0 Å². The first-order valence-corrected chi connectivity index (χ1v) is 11.4. The summed E-state index contributed by atoms with van der Waals surface area (Å²) in [6, 6.07) is 20.4. The molecule has 2 heterocycles. The van der Waals surface area contributed by atoms with Crippen molar-refractivity contribution in [2.75, 3.05) is 6.61 Å². The van der Waals surface area contributed by atoms with Crippen molar-refractivity contribution in [3.63, 3.8) is 0 Å². The predicted octanol–water partition coefficient (Wildman–Crippen LogP) is 6.24. The highest BCUT2D eigenvalue weighted by molar-refractivity contribution is 7.11. The average molecular weight is 467 g/mol. The molecule has 0 atom stereocenters. The molecule has 0 unspecified atom stereocenters. The number of nitriles is 1. The molecule has 34 heavy (non-hydrogen) atoms. The Morgan fingerprint density at radius 3 is 2.85 bits per heavy atom. The number of thiazole rings is 1. The number of benzene rings is 3. The Balaban J connectivity index is 1.57. The van der Waals surface area contributed by atoms with Crippen LogP contribution in [0, 0.1) is 11.3 Å². The van der Waals surface area contributed by atoms with E-state index in [2.05, 4.69) is 11.1 Å². The molecular formula is C27H18N2O4S. The third-order valence-corrected chi connectivity index (χ3v) is 6.24. The summed E-state index contributed by atoms with van der Waals surface area (Å²) in [5.74, 6) is 0.374. The lowest BCUT2D eigenvalue weighted by molar-refractivity contribution is 0.318. The fourth-order valence-electron chi connectivity index (χ4n) is 3.77. The Morgan fingerprint density at radius 2 is 2.03 bits per heavy atom. The third kappa shape index (κ3) is 3.91. The van der Waals surface area contributed by atoms with Crippen molar-refractivity contribution in [2.45, 2.75) is 6.92 Å². The first-order chi connectivity index (χ1) is 16.6. The van der Waals surface area contributed by atoms with Gasteiger partial charge in [0.15, 0.2) is 11.5 Å². The summed E-state index contributed by atoms with van der Waals surface area (Å²) < 4.78 is 11.0. The van der Waals surface area contributed by atoms with E-state index in [9.17, 15) is 15.2 Å². The summed E-state index contributed by atoms with van der Waals surface area (Å²) in [4.78, 5) is 17.3. The first-order valence-electron chi connectivity index (χ1n) is 10.6. The molecular weight excluding hydrogens is 448 g/mol. The van der Waals surface area contributed by atoms with Gasteiger partial charge in [-0.25, -0.2) is 9.78 Å². The van der Waals surface area contributed by atoms with Gasteiger partial charge in [-0.1, -0.05) is 36.4 Å². The number of aromatic nitrogens is 1. The number of phenolic OH excluding ortho intramolecular Hbond substituents is 1. The molecule has 7 heteroatoms. The summed E-state index contributed by atoms with van der Waals surface area (Å²) in [6.07, 6.45) is 1.67. The van der Waals surface area contributed by atoms with Crippen molar-refractivity contribution in [3.05, 3.63) is 87.0 Å². The van der Waals surface area contributed by atoms with Gasteiger partial charge in [-0.05, 0) is 53.6 Å². The highest BCUT2D eigenvalue weighted by Gasteiger charge is 2.15. The van der Waals surface area contributed by atoms with Crippen molar-refractivity contribution in [3.8, 4) is 28.8 Å². The minimum absolute atomic E-state index is 0.0320. The molecule has 0 amide bonds. The monoisotopic (exact) mass is 466 g/mol. The fourth-order valence-corrected chi connectivity index (χ4v) is 4.56. The van der Waals surface area contributed by atoms with E-state index in [4.69, 9.17) is 9.15 Å². The van der Waals surface area contributed by atoms with Crippen LogP contribution in [-0.2, 0) is 0 Å². The van der Waals surface area contributed by atoms with Crippen LogP contribution in [0.15, 0.2) is 75.3 Å². The topological polar surface area (TPSA) is 96.4 Å². The molecule has 0 fully saturated rings. The van der Waals surface area contributed by atoms with Gasteiger partial charge in [0.05, 0.1) is 23.4 Å². The van der Waals surface area contributed by atoms with E-state index in [1.165, 1.54) is 17.4 Å². The number of hydrogen-bond acceptors (Lipinski definition) is 7. The Bertz CT molecular complexity index is 1670. The van der Waals surface area contributed by atoms with Crippen LogP contribution in [0.3, 0.4) is 0 Å². The van der Waals surface area contributed by atoms with Crippen LogP contribution < -0.4 is 10.4 Å². The second-order valence-corrected chi connectivity index (χ2v) is 8.37. The van der Waals surface area contributed by atoms with E-state index < -0.39 is 5.63 Å². The van der Waals surface area contributed by atoms with Gasteiger partial charge in [-0.15, -0.1) is 11.3 Å². The maximum atomic E-state index is 12.7. The molecule has 3 aromatic carbocycles. The molecule has 2 aromatic heterocycles. The number of fused-ring (bicyclic) bond motifs is 3. The van der Waals surface area contributed by atoms with E-state index in [0.29, 0.717) is 45.3 Å². The zero-order chi connectivity index (χ0) is 23.7. The van der Waals surface area contributed by atoms with Gasteiger partial charge < -0.3 is 14.3 Å². The molecule has 0 saturated carbocycles. The minimum atomic E-state index is -0.484. The van der Waals surface area contributed by atoms with E-state index in [1.807, 2.05) is 37.3 Å². The van der Waals surface area contributed by atoms with Gasteiger partial charge in [0.2, 0.25) is 0 Å². The Morgan fingerprint density at radius 1 is 1.18 bits per heavy atom. The summed E-state index contributed by atoms with van der Waals surface area (Å²) >= 11 is 1.27. The lowest BCUT2D eigenvalue weighted by Gasteiger charge is -2.06. The zero-order valence-corrected chi connectivity index (χ0v) is 18.9. The molecule has 0 aliphatic heterocycles. The van der Waals surface area contributed by atoms with Gasteiger partial charge >= 0.3 is 5.63 Å². The second-order valence-electron chi connectivity index (χ2n) is 7.51. The number of nitrogens with zero attached hydrogens (tertiary/aromatic N) is 2. The smallest absolute Gasteiger partial charge is 0.345 e. The van der Waals surface area contributed by atoms with Crippen molar-refractivity contribution >= 4 is 44.7 Å². The quantitative estimate of drug-likeness (QED) is 0.187. The predicted molar refractivity (Wildman–Crippen MR) is 134 cm³/mol. The van der Waals surface area contributed by atoms with E-state index in [-0.39, 0.29) is 5.75 Å². The molecule has 0 aliphatic rings. The number of allylic oxidation sites excluding steroid dienone is 1. The largest absolute Gasteiger partial charge is 0.504 e. The average Bonchev–Trinajstić information content (AvgIpc) is 3.34. The molecule has 5 aromatic rings.